The van der Waals surface area contributed by atoms with Crippen molar-refractivity contribution < 1.29 is 9.15 Å². The fourth-order valence-corrected chi connectivity index (χ4v) is 2.55. The van der Waals surface area contributed by atoms with Crippen LogP contribution in [0.4, 0.5) is 0 Å². The molecular weight excluding hydrogens is 240 g/mol. The predicted molar refractivity (Wildman–Crippen MR) is 72.3 cm³/mol. The first kappa shape index (κ1) is 12.2. The highest BCUT2D eigenvalue weighted by Gasteiger charge is 2.22. The van der Waals surface area contributed by atoms with E-state index in [4.69, 9.17) is 14.9 Å². The number of benzene rings is 1. The third-order valence-electron chi connectivity index (χ3n) is 3.55. The zero-order valence-electron chi connectivity index (χ0n) is 11.1. The third-order valence-corrected chi connectivity index (χ3v) is 3.55. The van der Waals surface area contributed by atoms with Crippen molar-refractivity contribution in [2.75, 3.05) is 7.11 Å². The number of rotatable bonds is 3. The van der Waals surface area contributed by atoms with E-state index in [1.54, 1.807) is 7.11 Å². The Morgan fingerprint density at radius 2 is 2.26 bits per heavy atom. The fourth-order valence-electron chi connectivity index (χ4n) is 2.55. The van der Waals surface area contributed by atoms with E-state index in [9.17, 15) is 0 Å². The molecule has 0 saturated carbocycles. The van der Waals surface area contributed by atoms with E-state index in [0.717, 1.165) is 47.9 Å². The zero-order chi connectivity index (χ0) is 13.2. The molecule has 0 fully saturated rings. The van der Waals surface area contributed by atoms with E-state index < -0.39 is 0 Å². The molecule has 1 unspecified atom stereocenters. The number of hydrogen-bond donors (Lipinski definition) is 1. The lowest BCUT2D eigenvalue weighted by Crippen LogP contribution is -2.27. The van der Waals surface area contributed by atoms with Gasteiger partial charge in [-0.25, -0.2) is 4.98 Å². The molecule has 0 amide bonds. The van der Waals surface area contributed by atoms with Crippen molar-refractivity contribution in [3.63, 3.8) is 0 Å². The standard InChI is InChI=1S/C15H18N2O2/c1-18-13-5-3-2-4-10(13)8-15-17-12-9-11(16)6-7-14(12)19-15/h2-5,11H,6-9,16H2,1H3. The van der Waals surface area contributed by atoms with Gasteiger partial charge in [-0.15, -0.1) is 0 Å². The number of methoxy groups -OCH3 is 1. The lowest BCUT2D eigenvalue weighted by molar-refractivity contribution is 0.404. The second-order valence-corrected chi connectivity index (χ2v) is 4.97. The molecule has 19 heavy (non-hydrogen) atoms. The van der Waals surface area contributed by atoms with E-state index in [0.29, 0.717) is 6.42 Å². The Morgan fingerprint density at radius 3 is 3.11 bits per heavy atom. The lowest BCUT2D eigenvalue weighted by atomic mass is 9.98. The average molecular weight is 258 g/mol. The Labute approximate surface area is 112 Å². The summed E-state index contributed by atoms with van der Waals surface area (Å²) in [4.78, 5) is 4.57. The van der Waals surface area contributed by atoms with Gasteiger partial charge in [0.15, 0.2) is 5.89 Å². The minimum atomic E-state index is 0.219. The van der Waals surface area contributed by atoms with Crippen LogP contribution >= 0.6 is 0 Å². The van der Waals surface area contributed by atoms with Crippen molar-refractivity contribution >= 4 is 0 Å². The van der Waals surface area contributed by atoms with Crippen molar-refractivity contribution in [1.82, 2.24) is 4.98 Å². The van der Waals surface area contributed by atoms with Gasteiger partial charge in [0.1, 0.15) is 11.5 Å². The minimum Gasteiger partial charge on any atom is -0.496 e. The molecule has 100 valence electrons. The summed E-state index contributed by atoms with van der Waals surface area (Å²) in [5.41, 5.74) is 8.08. The number of oxazole rings is 1. The van der Waals surface area contributed by atoms with Crippen LogP contribution < -0.4 is 10.5 Å². The van der Waals surface area contributed by atoms with Crippen LogP contribution in [0, 0.1) is 0 Å². The zero-order valence-corrected chi connectivity index (χ0v) is 11.1. The fraction of sp³-hybridized carbons (Fsp3) is 0.400. The summed E-state index contributed by atoms with van der Waals surface area (Å²) in [6, 6.07) is 8.16. The van der Waals surface area contributed by atoms with Gasteiger partial charge in [0.2, 0.25) is 0 Å². The largest absolute Gasteiger partial charge is 0.496 e. The van der Waals surface area contributed by atoms with Gasteiger partial charge in [-0.3, -0.25) is 0 Å². The number of aryl methyl sites for hydroxylation is 1. The molecule has 4 heteroatoms. The molecule has 4 nitrogen and oxygen atoms in total. The molecule has 0 saturated heterocycles. The van der Waals surface area contributed by atoms with Gasteiger partial charge in [0, 0.05) is 24.4 Å². The molecule has 2 aromatic rings. The van der Waals surface area contributed by atoms with E-state index >= 15 is 0 Å². The molecule has 0 bridgehead atoms. The van der Waals surface area contributed by atoms with E-state index in [-0.39, 0.29) is 6.04 Å². The lowest BCUT2D eigenvalue weighted by Gasteiger charge is -2.14. The Morgan fingerprint density at radius 1 is 1.42 bits per heavy atom. The highest BCUT2D eigenvalue weighted by molar-refractivity contribution is 5.35. The summed E-state index contributed by atoms with van der Waals surface area (Å²) < 4.78 is 11.2. The van der Waals surface area contributed by atoms with Crippen LogP contribution in [-0.2, 0) is 19.3 Å². The molecule has 2 N–H and O–H groups in total. The highest BCUT2D eigenvalue weighted by Crippen LogP contribution is 2.25. The highest BCUT2D eigenvalue weighted by atomic mass is 16.5. The van der Waals surface area contributed by atoms with Crippen molar-refractivity contribution in [3.8, 4) is 5.75 Å². The van der Waals surface area contributed by atoms with E-state index in [2.05, 4.69) is 4.98 Å². The molecule has 0 spiro atoms. The third kappa shape index (κ3) is 2.49. The monoisotopic (exact) mass is 258 g/mol. The quantitative estimate of drug-likeness (QED) is 0.915. The maximum absolute atomic E-state index is 5.96. The summed E-state index contributed by atoms with van der Waals surface area (Å²) in [6.07, 6.45) is 3.36. The molecule has 0 aliphatic heterocycles. The van der Waals surface area contributed by atoms with Crippen LogP contribution in [0.1, 0.15) is 29.3 Å². The van der Waals surface area contributed by atoms with Crippen LogP contribution in [0.15, 0.2) is 28.7 Å². The van der Waals surface area contributed by atoms with E-state index in [1.807, 2.05) is 24.3 Å². The van der Waals surface area contributed by atoms with Crippen LogP contribution in [0.3, 0.4) is 0 Å². The summed E-state index contributed by atoms with van der Waals surface area (Å²) >= 11 is 0. The van der Waals surface area contributed by atoms with Gasteiger partial charge < -0.3 is 14.9 Å². The van der Waals surface area contributed by atoms with Gasteiger partial charge in [0.25, 0.3) is 0 Å². The van der Waals surface area contributed by atoms with Crippen molar-refractivity contribution in [2.45, 2.75) is 31.7 Å². The maximum Gasteiger partial charge on any atom is 0.199 e. The SMILES string of the molecule is COc1ccccc1Cc1nc2c(o1)CCC(N)C2. The molecule has 1 aliphatic carbocycles. The van der Waals surface area contributed by atoms with Gasteiger partial charge in [-0.1, -0.05) is 18.2 Å². The summed E-state index contributed by atoms with van der Waals surface area (Å²) in [6.45, 7) is 0. The number of fused-ring (bicyclic) bond motifs is 1. The van der Waals surface area contributed by atoms with Gasteiger partial charge in [0.05, 0.1) is 19.2 Å². The smallest absolute Gasteiger partial charge is 0.199 e. The molecule has 0 radical (unpaired) electrons. The first-order chi connectivity index (χ1) is 9.26. The molecule has 1 aromatic carbocycles. The predicted octanol–water partition coefficient (Wildman–Crippen LogP) is 2.09. The minimum absolute atomic E-state index is 0.219. The Hall–Kier alpha value is -1.81. The second kappa shape index (κ2) is 5.05. The van der Waals surface area contributed by atoms with Gasteiger partial charge in [-0.05, 0) is 12.5 Å². The summed E-state index contributed by atoms with van der Waals surface area (Å²) in [7, 11) is 1.68. The first-order valence-electron chi connectivity index (χ1n) is 6.61. The van der Waals surface area contributed by atoms with Crippen LogP contribution in [-0.4, -0.2) is 18.1 Å². The van der Waals surface area contributed by atoms with Gasteiger partial charge >= 0.3 is 0 Å². The van der Waals surface area contributed by atoms with Crippen LogP contribution in [0.5, 0.6) is 5.75 Å². The van der Waals surface area contributed by atoms with Crippen LogP contribution in [0.2, 0.25) is 0 Å². The molecule has 3 rings (SSSR count). The van der Waals surface area contributed by atoms with Gasteiger partial charge in [-0.2, -0.15) is 0 Å². The normalized spacial score (nSPS) is 18.1. The number of nitrogens with two attached hydrogens (primary N) is 1. The molecule has 1 heterocycles. The first-order valence-corrected chi connectivity index (χ1v) is 6.61. The van der Waals surface area contributed by atoms with Crippen molar-refractivity contribution in [2.24, 2.45) is 5.73 Å². The Kier molecular flexibility index (Phi) is 3.25. The number of nitrogens with zero attached hydrogens (tertiary/aromatic N) is 1. The number of aromatic nitrogens is 1. The molecule has 1 aliphatic rings. The summed E-state index contributed by atoms with van der Waals surface area (Å²) in [5, 5.41) is 0. The molecule has 1 aromatic heterocycles. The number of para-hydroxylation sites is 1. The topological polar surface area (TPSA) is 61.3 Å². The summed E-state index contributed by atoms with van der Waals surface area (Å²) in [5.74, 6) is 2.63. The number of hydrogen-bond acceptors (Lipinski definition) is 4. The maximum atomic E-state index is 5.96. The van der Waals surface area contributed by atoms with Crippen molar-refractivity contribution in [1.29, 1.82) is 0 Å². The second-order valence-electron chi connectivity index (χ2n) is 4.97. The number of ether oxygens (including phenoxy) is 1. The van der Waals surface area contributed by atoms with Crippen molar-refractivity contribution in [3.05, 3.63) is 47.2 Å². The molecule has 1 atom stereocenters. The van der Waals surface area contributed by atoms with Crippen LogP contribution in [0.25, 0.3) is 0 Å². The molecular formula is C15H18N2O2. The Balaban J connectivity index is 1.84. The van der Waals surface area contributed by atoms with E-state index in [1.165, 1.54) is 0 Å². The average Bonchev–Trinajstić information content (AvgIpc) is 2.80. The Bertz CT molecular complexity index is 577.